The molecule has 1 aliphatic heterocycles. The fraction of sp³-hybridized carbons (Fsp3) is 0.474. The van der Waals surface area contributed by atoms with Gasteiger partial charge in [0.05, 0.1) is 26.3 Å². The van der Waals surface area contributed by atoms with Crippen molar-refractivity contribution in [3.05, 3.63) is 41.7 Å². The van der Waals surface area contributed by atoms with E-state index in [1.807, 2.05) is 36.0 Å². The van der Waals surface area contributed by atoms with E-state index in [1.54, 1.807) is 20.3 Å². The van der Waals surface area contributed by atoms with Gasteiger partial charge >= 0.3 is 0 Å². The lowest BCUT2D eigenvalue weighted by Gasteiger charge is -2.22. The van der Waals surface area contributed by atoms with Crippen LogP contribution in [-0.4, -0.2) is 43.0 Å². The maximum atomic E-state index is 12.5. The summed E-state index contributed by atoms with van der Waals surface area (Å²) >= 11 is 0. The van der Waals surface area contributed by atoms with Crippen LogP contribution in [0.1, 0.15) is 47.9 Å². The number of halogens is 1. The zero-order valence-electron chi connectivity index (χ0n) is 15.9. The fourth-order valence-electron chi connectivity index (χ4n) is 3.20. The predicted molar refractivity (Wildman–Crippen MR) is 106 cm³/mol. The molecule has 2 N–H and O–H groups in total. The number of hydrogen-bond acceptors (Lipinski definition) is 5. The molecule has 3 rings (SSSR count). The Hall–Kier alpha value is -2.25. The average Bonchev–Trinajstić information content (AvgIpc) is 3.18. The van der Waals surface area contributed by atoms with Crippen LogP contribution in [-0.2, 0) is 0 Å². The van der Waals surface area contributed by atoms with E-state index in [0.29, 0.717) is 23.2 Å². The zero-order valence-corrected chi connectivity index (χ0v) is 16.7. The summed E-state index contributed by atoms with van der Waals surface area (Å²) < 4.78 is 12.5. The summed E-state index contributed by atoms with van der Waals surface area (Å²) in [5.41, 5.74) is 1.37. The molecule has 2 heterocycles. The van der Waals surface area contributed by atoms with E-state index >= 15 is 0 Å². The van der Waals surface area contributed by atoms with E-state index in [4.69, 9.17) is 9.47 Å². The van der Waals surface area contributed by atoms with Gasteiger partial charge in [-0.3, -0.25) is 9.48 Å². The molecule has 148 valence electrons. The van der Waals surface area contributed by atoms with Crippen molar-refractivity contribution in [2.24, 2.45) is 0 Å². The fourth-order valence-corrected chi connectivity index (χ4v) is 3.20. The third kappa shape index (κ3) is 4.93. The van der Waals surface area contributed by atoms with Crippen molar-refractivity contribution in [1.82, 2.24) is 20.4 Å². The van der Waals surface area contributed by atoms with Crippen LogP contribution < -0.4 is 20.1 Å². The number of aromatic nitrogens is 2. The third-order valence-corrected chi connectivity index (χ3v) is 4.74. The van der Waals surface area contributed by atoms with E-state index < -0.39 is 0 Å². The third-order valence-electron chi connectivity index (χ3n) is 4.74. The average molecular weight is 395 g/mol. The molecule has 0 saturated carbocycles. The highest BCUT2D eigenvalue weighted by Gasteiger charge is 2.19. The summed E-state index contributed by atoms with van der Waals surface area (Å²) in [6.07, 6.45) is 4.09. The highest BCUT2D eigenvalue weighted by atomic mass is 35.5. The van der Waals surface area contributed by atoms with E-state index in [9.17, 15) is 4.79 Å². The summed E-state index contributed by atoms with van der Waals surface area (Å²) in [4.78, 5) is 12.5. The number of ether oxygens (including phenoxy) is 2. The molecule has 0 radical (unpaired) electrons. The molecule has 2 aromatic rings. The number of hydrogen-bond donors (Lipinski definition) is 2. The van der Waals surface area contributed by atoms with Gasteiger partial charge in [0, 0.05) is 12.7 Å². The summed E-state index contributed by atoms with van der Waals surface area (Å²) in [7, 11) is 3.19. The van der Waals surface area contributed by atoms with Crippen LogP contribution in [0.5, 0.6) is 11.5 Å². The van der Waals surface area contributed by atoms with Gasteiger partial charge in [-0.05, 0) is 50.1 Å². The van der Waals surface area contributed by atoms with Gasteiger partial charge in [0.1, 0.15) is 5.69 Å². The van der Waals surface area contributed by atoms with Gasteiger partial charge in [0.25, 0.3) is 5.91 Å². The number of methoxy groups -OCH3 is 2. The monoisotopic (exact) mass is 394 g/mol. The van der Waals surface area contributed by atoms with Crippen molar-refractivity contribution in [1.29, 1.82) is 0 Å². The molecule has 2 atom stereocenters. The minimum atomic E-state index is -0.185. The molecule has 8 heteroatoms. The lowest BCUT2D eigenvalue weighted by Crippen LogP contribution is -2.32. The number of rotatable bonds is 6. The molecule has 1 aliphatic rings. The van der Waals surface area contributed by atoms with Gasteiger partial charge in [-0.25, -0.2) is 0 Å². The Balaban J connectivity index is 0.00000261. The Morgan fingerprint density at radius 2 is 2.07 bits per heavy atom. The Labute approximate surface area is 165 Å². The van der Waals surface area contributed by atoms with Crippen molar-refractivity contribution in [3.8, 4) is 11.5 Å². The summed E-state index contributed by atoms with van der Waals surface area (Å²) in [6, 6.07) is 7.53. The maximum Gasteiger partial charge on any atom is 0.272 e. The maximum absolute atomic E-state index is 12.5. The van der Waals surface area contributed by atoms with Gasteiger partial charge in [0.2, 0.25) is 0 Å². The molecular formula is C19H27ClN4O3. The van der Waals surface area contributed by atoms with E-state index in [0.717, 1.165) is 31.5 Å². The zero-order chi connectivity index (χ0) is 18.5. The number of nitrogens with zero attached hydrogens (tertiary/aromatic N) is 2. The molecule has 1 fully saturated rings. The number of benzene rings is 1. The molecule has 0 aliphatic carbocycles. The first-order valence-electron chi connectivity index (χ1n) is 8.91. The Kier molecular flexibility index (Phi) is 7.50. The molecule has 27 heavy (non-hydrogen) atoms. The Bertz CT molecular complexity index is 759. The molecule has 7 nitrogen and oxygen atoms in total. The highest BCUT2D eigenvalue weighted by molar-refractivity contribution is 5.92. The summed E-state index contributed by atoms with van der Waals surface area (Å²) in [6.45, 7) is 3.87. The van der Waals surface area contributed by atoms with Gasteiger partial charge in [-0.1, -0.05) is 6.07 Å². The van der Waals surface area contributed by atoms with Crippen LogP contribution in [0.25, 0.3) is 0 Å². The number of piperidine rings is 1. The number of amides is 1. The number of carbonyl (C=O) groups excluding carboxylic acids is 1. The van der Waals surface area contributed by atoms with E-state index in [-0.39, 0.29) is 24.4 Å². The Morgan fingerprint density at radius 1 is 1.30 bits per heavy atom. The van der Waals surface area contributed by atoms with E-state index in [2.05, 4.69) is 15.7 Å². The number of carbonyl (C=O) groups is 1. The van der Waals surface area contributed by atoms with Gasteiger partial charge < -0.3 is 20.1 Å². The second-order valence-electron chi connectivity index (χ2n) is 6.49. The van der Waals surface area contributed by atoms with Gasteiger partial charge in [-0.2, -0.15) is 5.10 Å². The normalized spacial score (nSPS) is 17.5. The second kappa shape index (κ2) is 9.62. The smallest absolute Gasteiger partial charge is 0.272 e. The topological polar surface area (TPSA) is 77.4 Å². The second-order valence-corrected chi connectivity index (χ2v) is 6.49. The highest BCUT2D eigenvalue weighted by Crippen LogP contribution is 2.30. The van der Waals surface area contributed by atoms with Crippen molar-refractivity contribution in [2.75, 3.05) is 27.3 Å². The van der Waals surface area contributed by atoms with Gasteiger partial charge in [-0.15, -0.1) is 12.4 Å². The molecular weight excluding hydrogens is 368 g/mol. The van der Waals surface area contributed by atoms with Crippen molar-refractivity contribution < 1.29 is 14.3 Å². The summed E-state index contributed by atoms with van der Waals surface area (Å²) in [5.74, 6) is 1.12. The first-order chi connectivity index (χ1) is 12.6. The summed E-state index contributed by atoms with van der Waals surface area (Å²) in [5, 5.41) is 10.8. The standard InChI is InChI=1S/C19H26N4O3.ClH/c1-13(14-6-7-17(25-2)18(11-14)26-3)21-19(24)16-8-10-23(22-16)15-5-4-9-20-12-15;/h6-8,10-11,13,15,20H,4-5,9,12H2,1-3H3,(H,21,24);1H. The molecule has 1 aromatic heterocycles. The van der Waals surface area contributed by atoms with Crippen molar-refractivity contribution in [3.63, 3.8) is 0 Å². The van der Waals surface area contributed by atoms with Crippen LogP contribution in [0, 0.1) is 0 Å². The number of nitrogens with one attached hydrogen (secondary N) is 2. The SMILES string of the molecule is COc1ccc(C(C)NC(=O)c2ccn(C3CCCNC3)n2)cc1OC.Cl. The van der Waals surface area contributed by atoms with Crippen LogP contribution in [0.15, 0.2) is 30.5 Å². The Morgan fingerprint density at radius 3 is 2.74 bits per heavy atom. The lowest BCUT2D eigenvalue weighted by molar-refractivity contribution is 0.0933. The first-order valence-corrected chi connectivity index (χ1v) is 8.91. The largest absolute Gasteiger partial charge is 0.493 e. The van der Waals surface area contributed by atoms with Crippen LogP contribution >= 0.6 is 12.4 Å². The van der Waals surface area contributed by atoms with Crippen molar-refractivity contribution >= 4 is 18.3 Å². The van der Waals surface area contributed by atoms with Crippen molar-refractivity contribution in [2.45, 2.75) is 31.8 Å². The van der Waals surface area contributed by atoms with Crippen LogP contribution in [0.2, 0.25) is 0 Å². The quantitative estimate of drug-likeness (QED) is 0.787. The molecule has 0 bridgehead atoms. The van der Waals surface area contributed by atoms with E-state index in [1.165, 1.54) is 0 Å². The molecule has 2 unspecified atom stereocenters. The molecule has 1 amide bonds. The van der Waals surface area contributed by atoms with Gasteiger partial charge in [0.15, 0.2) is 11.5 Å². The minimum Gasteiger partial charge on any atom is -0.493 e. The van der Waals surface area contributed by atoms with Crippen LogP contribution in [0.3, 0.4) is 0 Å². The first kappa shape index (κ1) is 21.1. The van der Waals surface area contributed by atoms with Crippen LogP contribution in [0.4, 0.5) is 0 Å². The lowest BCUT2D eigenvalue weighted by atomic mass is 10.1. The predicted octanol–water partition coefficient (Wildman–Crippen LogP) is 2.74. The minimum absolute atomic E-state index is 0. The molecule has 1 saturated heterocycles. The molecule has 0 spiro atoms. The molecule has 1 aromatic carbocycles.